The molecule has 114 valence electrons. The number of allylic oxidation sites excluding steroid dienone is 1. The summed E-state index contributed by atoms with van der Waals surface area (Å²) in [5.74, 6) is 0.457. The van der Waals surface area contributed by atoms with Gasteiger partial charge in [0.25, 0.3) is 6.43 Å². The lowest BCUT2D eigenvalue weighted by molar-refractivity contribution is -0.128. The molecule has 0 aliphatic carbocycles. The Hall–Kier alpha value is -1.18. The fourth-order valence-corrected chi connectivity index (χ4v) is 2.79. The Labute approximate surface area is 136 Å². The van der Waals surface area contributed by atoms with Gasteiger partial charge in [-0.05, 0) is 43.2 Å². The number of ether oxygens (including phenoxy) is 1. The van der Waals surface area contributed by atoms with E-state index in [-0.39, 0.29) is 9.83 Å². The highest BCUT2D eigenvalue weighted by atomic mass is 127. The summed E-state index contributed by atoms with van der Waals surface area (Å²) >= 11 is 1.99. The van der Waals surface area contributed by atoms with Crippen molar-refractivity contribution in [1.82, 2.24) is 4.90 Å². The normalized spacial score (nSPS) is 18.9. The average Bonchev–Trinajstić information content (AvgIpc) is 2.45. The monoisotopic (exact) mass is 407 g/mol. The third kappa shape index (κ3) is 3.93. The predicted octanol–water partition coefficient (Wildman–Crippen LogP) is 3.73. The quantitative estimate of drug-likeness (QED) is 0.550. The second-order valence-corrected chi connectivity index (χ2v) is 6.09. The number of rotatable bonds is 5. The van der Waals surface area contributed by atoms with Gasteiger partial charge in [-0.15, -0.1) is 0 Å². The van der Waals surface area contributed by atoms with E-state index in [0.717, 1.165) is 11.3 Å². The van der Waals surface area contributed by atoms with Crippen LogP contribution in [0.15, 0.2) is 30.3 Å². The van der Waals surface area contributed by atoms with Crippen molar-refractivity contribution in [1.29, 1.82) is 0 Å². The van der Waals surface area contributed by atoms with Crippen LogP contribution < -0.4 is 4.74 Å². The van der Waals surface area contributed by atoms with Gasteiger partial charge in [-0.1, -0.05) is 28.7 Å². The van der Waals surface area contributed by atoms with Gasteiger partial charge in [-0.25, -0.2) is 8.78 Å². The number of halogens is 3. The summed E-state index contributed by atoms with van der Waals surface area (Å²) in [5, 5.41) is 0. The molecule has 0 N–H and O–H groups in total. The molecule has 0 radical (unpaired) electrons. The van der Waals surface area contributed by atoms with Gasteiger partial charge in [0, 0.05) is 5.70 Å². The first-order valence-corrected chi connectivity index (χ1v) is 7.94. The lowest BCUT2D eigenvalue weighted by Gasteiger charge is -2.31. The van der Waals surface area contributed by atoms with Crippen molar-refractivity contribution in [2.45, 2.75) is 23.7 Å². The second kappa shape index (κ2) is 7.20. The summed E-state index contributed by atoms with van der Waals surface area (Å²) in [4.78, 5) is 13.3. The van der Waals surface area contributed by atoms with Crippen LogP contribution in [0.2, 0.25) is 0 Å². The summed E-state index contributed by atoms with van der Waals surface area (Å²) in [6.45, 7) is 1.88. The van der Waals surface area contributed by atoms with E-state index in [4.69, 9.17) is 4.74 Å². The highest BCUT2D eigenvalue weighted by molar-refractivity contribution is 14.1. The zero-order chi connectivity index (χ0) is 15.4. The van der Waals surface area contributed by atoms with Gasteiger partial charge in [-0.2, -0.15) is 0 Å². The summed E-state index contributed by atoms with van der Waals surface area (Å²) in [6, 6.07) is 7.13. The Balaban J connectivity index is 2.28. The Bertz CT molecular complexity index is 531. The van der Waals surface area contributed by atoms with Gasteiger partial charge < -0.3 is 9.64 Å². The van der Waals surface area contributed by atoms with Crippen LogP contribution in [0.4, 0.5) is 8.78 Å². The zero-order valence-electron chi connectivity index (χ0n) is 11.6. The predicted molar refractivity (Wildman–Crippen MR) is 85.7 cm³/mol. The summed E-state index contributed by atoms with van der Waals surface area (Å²) in [5.41, 5.74) is 1.30. The van der Waals surface area contributed by atoms with Gasteiger partial charge in [0.15, 0.2) is 0 Å². The summed E-state index contributed by atoms with van der Waals surface area (Å²) in [6.07, 6.45) is -0.153. The Morgan fingerprint density at radius 3 is 2.62 bits per heavy atom. The number of carbonyl (C=O) groups is 1. The van der Waals surface area contributed by atoms with Crippen LogP contribution in [0.1, 0.15) is 18.9 Å². The lowest BCUT2D eigenvalue weighted by atomic mass is 10.0. The van der Waals surface area contributed by atoms with Crippen LogP contribution in [-0.2, 0) is 4.79 Å². The molecule has 6 heteroatoms. The topological polar surface area (TPSA) is 29.5 Å². The van der Waals surface area contributed by atoms with Gasteiger partial charge >= 0.3 is 0 Å². The van der Waals surface area contributed by atoms with Gasteiger partial charge in [0.05, 0.1) is 17.1 Å². The molecule has 1 atom stereocenters. The van der Waals surface area contributed by atoms with E-state index in [9.17, 15) is 13.6 Å². The third-order valence-corrected chi connectivity index (χ3v) is 4.17. The molecular formula is C15H16F2INO2. The van der Waals surface area contributed by atoms with E-state index >= 15 is 0 Å². The number of alkyl halides is 3. The van der Waals surface area contributed by atoms with Crippen molar-refractivity contribution in [3.63, 3.8) is 0 Å². The van der Waals surface area contributed by atoms with E-state index in [0.29, 0.717) is 18.7 Å². The smallest absolute Gasteiger partial charge is 0.256 e. The first-order valence-electron chi connectivity index (χ1n) is 6.70. The van der Waals surface area contributed by atoms with Gasteiger partial charge in [0.1, 0.15) is 5.75 Å². The fourth-order valence-electron chi connectivity index (χ4n) is 2.20. The molecule has 0 fully saturated rings. The van der Waals surface area contributed by atoms with E-state index in [2.05, 4.69) is 0 Å². The third-order valence-electron chi connectivity index (χ3n) is 3.12. The molecule has 21 heavy (non-hydrogen) atoms. The molecule has 3 nitrogen and oxygen atoms in total. The Kier molecular flexibility index (Phi) is 5.55. The van der Waals surface area contributed by atoms with Crippen molar-refractivity contribution in [2.24, 2.45) is 0 Å². The molecule has 1 aliphatic heterocycles. The van der Waals surface area contributed by atoms with Gasteiger partial charge in [0.2, 0.25) is 5.91 Å². The number of hydrogen-bond donors (Lipinski definition) is 0. The van der Waals surface area contributed by atoms with E-state index in [1.54, 1.807) is 24.3 Å². The Morgan fingerprint density at radius 2 is 2.05 bits per heavy atom. The minimum atomic E-state index is -2.55. The maximum Gasteiger partial charge on any atom is 0.256 e. The van der Waals surface area contributed by atoms with Crippen LogP contribution in [-0.4, -0.2) is 34.3 Å². The van der Waals surface area contributed by atoms with Crippen LogP contribution in [0.5, 0.6) is 5.75 Å². The molecule has 1 unspecified atom stereocenters. The van der Waals surface area contributed by atoms with Crippen LogP contribution in [0.25, 0.3) is 5.70 Å². The molecule has 1 aromatic rings. The minimum Gasteiger partial charge on any atom is -0.494 e. The van der Waals surface area contributed by atoms with Crippen LogP contribution in [0, 0.1) is 0 Å². The largest absolute Gasteiger partial charge is 0.494 e. The highest BCUT2D eigenvalue weighted by Crippen LogP contribution is 2.30. The minimum absolute atomic E-state index is 0.262. The molecule has 0 aromatic heterocycles. The summed E-state index contributed by atoms with van der Waals surface area (Å²) < 4.78 is 30.5. The zero-order valence-corrected chi connectivity index (χ0v) is 13.7. The highest BCUT2D eigenvalue weighted by Gasteiger charge is 2.31. The standard InChI is InChI=1S/C15H16F2INO2/c1-2-21-11-5-3-10(4-6-11)13-8-7-12(18)15(20)19(13)9-14(16)17/h3-6,8,12,14H,2,7,9H2,1H3. The number of hydrogen-bond acceptors (Lipinski definition) is 2. The van der Waals surface area contributed by atoms with Crippen LogP contribution in [0.3, 0.4) is 0 Å². The fraction of sp³-hybridized carbons (Fsp3) is 0.400. The molecule has 2 rings (SSSR count). The molecule has 1 amide bonds. The van der Waals surface area contributed by atoms with Crippen molar-refractivity contribution in [3.8, 4) is 5.75 Å². The average molecular weight is 407 g/mol. The molecule has 0 spiro atoms. The first kappa shape index (κ1) is 16.2. The molecule has 1 aromatic carbocycles. The van der Waals surface area contributed by atoms with Gasteiger partial charge in [-0.3, -0.25) is 4.79 Å². The number of amides is 1. The molecule has 0 bridgehead atoms. The van der Waals surface area contributed by atoms with Crippen LogP contribution >= 0.6 is 22.6 Å². The lowest BCUT2D eigenvalue weighted by Crippen LogP contribution is -2.40. The first-order chi connectivity index (χ1) is 10.0. The van der Waals surface area contributed by atoms with E-state index in [1.807, 2.05) is 35.6 Å². The van der Waals surface area contributed by atoms with Crippen molar-refractivity contribution in [2.75, 3.05) is 13.2 Å². The van der Waals surface area contributed by atoms with E-state index < -0.39 is 13.0 Å². The number of benzene rings is 1. The Morgan fingerprint density at radius 1 is 1.38 bits per heavy atom. The number of nitrogens with zero attached hydrogens (tertiary/aromatic N) is 1. The molecule has 1 heterocycles. The molecule has 0 saturated heterocycles. The molecule has 1 aliphatic rings. The second-order valence-electron chi connectivity index (χ2n) is 4.59. The molecular weight excluding hydrogens is 391 g/mol. The van der Waals surface area contributed by atoms with E-state index in [1.165, 1.54) is 4.90 Å². The van der Waals surface area contributed by atoms with Crippen molar-refractivity contribution >= 4 is 34.2 Å². The molecule has 0 saturated carbocycles. The maximum atomic E-state index is 12.7. The maximum absolute atomic E-state index is 12.7. The van der Waals surface area contributed by atoms with Crippen molar-refractivity contribution in [3.05, 3.63) is 35.9 Å². The van der Waals surface area contributed by atoms with Crippen molar-refractivity contribution < 1.29 is 18.3 Å². The number of carbonyl (C=O) groups excluding carboxylic acids is 1. The SMILES string of the molecule is CCOc1ccc(C2=CCC(I)C(=O)N2CC(F)F)cc1. The summed E-state index contributed by atoms with van der Waals surface area (Å²) in [7, 11) is 0.